The van der Waals surface area contributed by atoms with Gasteiger partial charge in [-0.05, 0) is 35.6 Å². The average molecular weight is 397 g/mol. The molecule has 0 saturated heterocycles. The van der Waals surface area contributed by atoms with Gasteiger partial charge in [-0.3, -0.25) is 14.5 Å². The third-order valence-corrected chi connectivity index (χ3v) is 5.26. The van der Waals surface area contributed by atoms with Crippen LogP contribution in [-0.2, 0) is 20.9 Å². The predicted molar refractivity (Wildman–Crippen MR) is 110 cm³/mol. The van der Waals surface area contributed by atoms with Gasteiger partial charge < -0.3 is 16.2 Å². The summed E-state index contributed by atoms with van der Waals surface area (Å²) >= 11 is 0. The van der Waals surface area contributed by atoms with E-state index in [4.69, 9.17) is 5.73 Å². The van der Waals surface area contributed by atoms with Crippen LogP contribution in [0, 0.1) is 0 Å². The number of hydrogen-bond donors (Lipinski definition) is 3. The molecule has 29 heavy (non-hydrogen) atoms. The van der Waals surface area contributed by atoms with Gasteiger partial charge in [0.05, 0.1) is 0 Å². The predicted octanol–water partition coefficient (Wildman–Crippen LogP) is 2.03. The summed E-state index contributed by atoms with van der Waals surface area (Å²) in [5.41, 5.74) is 6.29. The van der Waals surface area contributed by atoms with E-state index in [1.807, 2.05) is 18.2 Å². The molecule has 0 heterocycles. The van der Waals surface area contributed by atoms with Crippen molar-refractivity contribution in [1.82, 2.24) is 10.2 Å². The zero-order valence-corrected chi connectivity index (χ0v) is 16.3. The van der Waals surface area contributed by atoms with Crippen LogP contribution in [0.15, 0.2) is 42.5 Å². The molecule has 2 aromatic rings. The first kappa shape index (κ1) is 20.8. The number of primary amides is 1. The van der Waals surface area contributed by atoms with Gasteiger partial charge in [0.15, 0.2) is 0 Å². The van der Waals surface area contributed by atoms with Gasteiger partial charge in [-0.1, -0.05) is 42.5 Å². The topological polar surface area (TPSA) is 113 Å². The molecular weight excluding hydrogens is 370 g/mol. The number of benzene rings is 2. The van der Waals surface area contributed by atoms with Crippen LogP contribution in [0.5, 0.6) is 0 Å². The fourth-order valence-corrected chi connectivity index (χ4v) is 3.54. The molecule has 0 aromatic heterocycles. The molecule has 2 amide bonds. The van der Waals surface area contributed by atoms with Crippen molar-refractivity contribution in [2.45, 2.75) is 50.7 Å². The molecular formula is C22H27N3O4. The lowest BCUT2D eigenvalue weighted by Crippen LogP contribution is -2.42. The number of nitrogens with two attached hydrogens (primary N) is 1. The van der Waals surface area contributed by atoms with Crippen LogP contribution in [-0.4, -0.2) is 46.4 Å². The van der Waals surface area contributed by atoms with Crippen molar-refractivity contribution in [3.05, 3.63) is 48.0 Å². The molecule has 1 saturated carbocycles. The number of aliphatic carboxylic acids is 1. The van der Waals surface area contributed by atoms with Crippen LogP contribution in [0.1, 0.15) is 37.7 Å². The highest BCUT2D eigenvalue weighted by molar-refractivity contribution is 5.86. The van der Waals surface area contributed by atoms with E-state index in [1.165, 1.54) is 16.3 Å². The van der Waals surface area contributed by atoms with E-state index in [0.29, 0.717) is 12.6 Å². The summed E-state index contributed by atoms with van der Waals surface area (Å²) in [7, 11) is 0. The maximum Gasteiger partial charge on any atom is 0.326 e. The van der Waals surface area contributed by atoms with Crippen LogP contribution in [0.25, 0.3) is 10.8 Å². The number of rotatable bonds is 11. The Kier molecular flexibility index (Phi) is 6.82. The lowest BCUT2D eigenvalue weighted by atomic mass is 10.0. The summed E-state index contributed by atoms with van der Waals surface area (Å²) in [6.45, 7) is 1.31. The second-order valence-electron chi connectivity index (χ2n) is 7.55. The quantitative estimate of drug-likeness (QED) is 0.537. The Morgan fingerprint density at radius 3 is 2.52 bits per heavy atom. The van der Waals surface area contributed by atoms with Crippen LogP contribution < -0.4 is 11.1 Å². The van der Waals surface area contributed by atoms with E-state index < -0.39 is 17.9 Å². The Labute approximate surface area is 169 Å². The molecule has 1 fully saturated rings. The van der Waals surface area contributed by atoms with E-state index in [1.54, 1.807) is 0 Å². The Morgan fingerprint density at radius 1 is 1.10 bits per heavy atom. The number of fused-ring (bicyclic) bond motifs is 1. The van der Waals surface area contributed by atoms with Gasteiger partial charge in [0.2, 0.25) is 11.8 Å². The number of carboxylic acid groups (broad SMARTS) is 1. The summed E-state index contributed by atoms with van der Waals surface area (Å²) < 4.78 is 0. The van der Waals surface area contributed by atoms with Gasteiger partial charge in [-0.15, -0.1) is 0 Å². The standard InChI is InChI=1S/C22H27N3O4/c23-20(26)11-10-19(22(28)29)24-21(27)12-13-25(17-8-9-17)14-16-6-3-5-15-4-1-2-7-18(15)16/h1-7,17,19H,8-14H2,(H2,23,26)(H,24,27)(H,28,29). The van der Waals surface area contributed by atoms with Gasteiger partial charge in [0, 0.05) is 32.0 Å². The number of nitrogens with zero attached hydrogens (tertiary/aromatic N) is 1. The first-order valence-corrected chi connectivity index (χ1v) is 9.95. The molecule has 1 atom stereocenters. The van der Waals surface area contributed by atoms with Crippen LogP contribution in [0.2, 0.25) is 0 Å². The van der Waals surface area contributed by atoms with E-state index >= 15 is 0 Å². The zero-order chi connectivity index (χ0) is 20.8. The third kappa shape index (κ3) is 6.02. The third-order valence-electron chi connectivity index (χ3n) is 5.26. The molecule has 154 valence electrons. The molecule has 0 spiro atoms. The Balaban J connectivity index is 1.59. The average Bonchev–Trinajstić information content (AvgIpc) is 3.53. The zero-order valence-electron chi connectivity index (χ0n) is 16.3. The largest absolute Gasteiger partial charge is 0.480 e. The lowest BCUT2D eigenvalue weighted by Gasteiger charge is -2.23. The number of amides is 2. The number of hydrogen-bond acceptors (Lipinski definition) is 4. The minimum atomic E-state index is -1.16. The maximum absolute atomic E-state index is 12.3. The second kappa shape index (κ2) is 9.52. The number of carboxylic acids is 1. The van der Waals surface area contributed by atoms with Crippen LogP contribution >= 0.6 is 0 Å². The number of carbonyl (C=O) groups excluding carboxylic acids is 2. The van der Waals surface area contributed by atoms with Crippen molar-refractivity contribution in [2.75, 3.05) is 6.54 Å². The lowest BCUT2D eigenvalue weighted by molar-refractivity contribution is -0.142. The minimum Gasteiger partial charge on any atom is -0.480 e. The van der Waals surface area contributed by atoms with Gasteiger partial charge in [0.25, 0.3) is 0 Å². The van der Waals surface area contributed by atoms with Crippen molar-refractivity contribution < 1.29 is 19.5 Å². The SMILES string of the molecule is NC(=O)CCC(NC(=O)CCN(Cc1cccc2ccccc12)C1CC1)C(=O)O. The fraction of sp³-hybridized carbons (Fsp3) is 0.409. The molecule has 0 aliphatic heterocycles. The fourth-order valence-electron chi connectivity index (χ4n) is 3.54. The van der Waals surface area contributed by atoms with E-state index in [0.717, 1.165) is 19.4 Å². The maximum atomic E-state index is 12.3. The van der Waals surface area contributed by atoms with E-state index in [9.17, 15) is 19.5 Å². The van der Waals surface area contributed by atoms with E-state index in [2.05, 4.69) is 34.5 Å². The Morgan fingerprint density at radius 2 is 1.83 bits per heavy atom. The molecule has 7 heteroatoms. The summed E-state index contributed by atoms with van der Waals surface area (Å²) in [4.78, 5) is 36.8. The molecule has 7 nitrogen and oxygen atoms in total. The van der Waals surface area contributed by atoms with Gasteiger partial charge in [-0.2, -0.15) is 0 Å². The summed E-state index contributed by atoms with van der Waals surface area (Å²) in [6, 6.07) is 13.9. The normalized spacial score (nSPS) is 14.7. The van der Waals surface area contributed by atoms with Crippen molar-refractivity contribution in [3.8, 4) is 0 Å². The molecule has 2 aromatic carbocycles. The van der Waals surface area contributed by atoms with Gasteiger partial charge in [-0.25, -0.2) is 4.79 Å². The van der Waals surface area contributed by atoms with Crippen LogP contribution in [0.4, 0.5) is 0 Å². The highest BCUT2D eigenvalue weighted by Crippen LogP contribution is 2.30. The first-order valence-electron chi connectivity index (χ1n) is 9.95. The monoisotopic (exact) mass is 397 g/mol. The molecule has 1 unspecified atom stereocenters. The molecule has 3 rings (SSSR count). The van der Waals surface area contributed by atoms with Crippen molar-refractivity contribution in [3.63, 3.8) is 0 Å². The van der Waals surface area contributed by atoms with E-state index in [-0.39, 0.29) is 25.2 Å². The molecule has 1 aliphatic carbocycles. The Bertz CT molecular complexity index is 889. The molecule has 4 N–H and O–H groups in total. The van der Waals surface area contributed by atoms with Crippen molar-refractivity contribution in [1.29, 1.82) is 0 Å². The second-order valence-corrected chi connectivity index (χ2v) is 7.55. The van der Waals surface area contributed by atoms with Crippen molar-refractivity contribution in [2.24, 2.45) is 5.73 Å². The molecule has 0 radical (unpaired) electrons. The number of carbonyl (C=O) groups is 3. The van der Waals surface area contributed by atoms with Crippen molar-refractivity contribution >= 4 is 28.6 Å². The highest BCUT2D eigenvalue weighted by atomic mass is 16.4. The summed E-state index contributed by atoms with van der Waals surface area (Å²) in [6.07, 6.45) is 2.36. The molecule has 1 aliphatic rings. The number of nitrogens with one attached hydrogen (secondary N) is 1. The van der Waals surface area contributed by atoms with Gasteiger partial charge >= 0.3 is 5.97 Å². The minimum absolute atomic E-state index is 0.00124. The molecule has 0 bridgehead atoms. The highest BCUT2D eigenvalue weighted by Gasteiger charge is 2.30. The van der Waals surface area contributed by atoms with Gasteiger partial charge in [0.1, 0.15) is 6.04 Å². The first-order chi connectivity index (χ1) is 13.9. The Hall–Kier alpha value is -2.93. The van der Waals surface area contributed by atoms with Crippen LogP contribution in [0.3, 0.4) is 0 Å². The smallest absolute Gasteiger partial charge is 0.326 e. The summed E-state index contributed by atoms with van der Waals surface area (Å²) in [5.74, 6) is -2.07. The summed E-state index contributed by atoms with van der Waals surface area (Å²) in [5, 5.41) is 14.1.